The van der Waals surface area contributed by atoms with E-state index in [-0.39, 0.29) is 6.61 Å². The number of carbonyl (C=O) groups excluding carboxylic acids is 2. The fourth-order valence-electron chi connectivity index (χ4n) is 0.770. The van der Waals surface area contributed by atoms with Gasteiger partial charge in [-0.05, 0) is 6.92 Å². The van der Waals surface area contributed by atoms with Crippen molar-refractivity contribution in [1.82, 2.24) is 0 Å². The fourth-order valence-corrected chi connectivity index (χ4v) is 1.73. The molecule has 0 aliphatic rings. The molecule has 0 radical (unpaired) electrons. The minimum Gasteiger partial charge on any atom is -0.466 e. The maximum Gasteiger partial charge on any atom is 0.357 e. The minimum atomic E-state index is -2.79. The Labute approximate surface area is 95.1 Å². The van der Waals surface area contributed by atoms with Crippen LogP contribution in [0.2, 0.25) is 0 Å². The number of carbonyl (C=O) groups is 2. The van der Waals surface area contributed by atoms with E-state index in [0.717, 1.165) is 7.11 Å². The predicted molar refractivity (Wildman–Crippen MR) is 57.4 cm³/mol. The van der Waals surface area contributed by atoms with Gasteiger partial charge in [0, 0.05) is 0 Å². The molecular weight excluding hydrogens is 235 g/mol. The second-order valence-electron chi connectivity index (χ2n) is 3.25. The van der Waals surface area contributed by atoms with Crippen molar-refractivity contribution in [3.63, 3.8) is 0 Å². The third kappa shape index (κ3) is 4.77. The normalized spacial score (nSPS) is 14.3. The maximum atomic E-state index is 11.5. The van der Waals surface area contributed by atoms with Crippen molar-refractivity contribution in [2.24, 2.45) is 5.92 Å². The van der Waals surface area contributed by atoms with Gasteiger partial charge in [0.1, 0.15) is 0 Å². The predicted octanol–water partition coefficient (Wildman–Crippen LogP) is 1.20. The summed E-state index contributed by atoms with van der Waals surface area (Å²) in [6, 6.07) is 0. The van der Waals surface area contributed by atoms with Crippen molar-refractivity contribution in [1.29, 1.82) is 0 Å². The first kappa shape index (κ1) is 15.1. The molecular formula is C9H17O6P. The van der Waals surface area contributed by atoms with Gasteiger partial charge in [-0.25, -0.2) is 4.79 Å². The van der Waals surface area contributed by atoms with Crippen molar-refractivity contribution in [2.45, 2.75) is 26.6 Å². The Morgan fingerprint density at radius 3 is 2.19 bits per heavy atom. The summed E-state index contributed by atoms with van der Waals surface area (Å²) in [6.07, 6.45) is 0. The van der Waals surface area contributed by atoms with E-state index in [4.69, 9.17) is 9.26 Å². The van der Waals surface area contributed by atoms with E-state index in [1.165, 1.54) is 0 Å². The molecule has 0 aliphatic carbocycles. The standard InChI is InChI=1S/C9H17O6P/c1-5-14-16(12)9(8(11)13-4)15-7(10)6(2)3/h6,9,16H,5H2,1-4H3. The van der Waals surface area contributed by atoms with Gasteiger partial charge in [0.2, 0.25) is 8.03 Å². The average molecular weight is 252 g/mol. The van der Waals surface area contributed by atoms with Crippen molar-refractivity contribution in [3.05, 3.63) is 0 Å². The molecule has 0 rings (SSSR count). The zero-order valence-electron chi connectivity index (χ0n) is 9.81. The van der Waals surface area contributed by atoms with Gasteiger partial charge in [-0.2, -0.15) is 0 Å². The van der Waals surface area contributed by atoms with Gasteiger partial charge >= 0.3 is 11.9 Å². The van der Waals surface area contributed by atoms with Gasteiger partial charge < -0.3 is 14.0 Å². The molecule has 16 heavy (non-hydrogen) atoms. The van der Waals surface area contributed by atoms with E-state index in [9.17, 15) is 14.2 Å². The molecule has 2 atom stereocenters. The highest BCUT2D eigenvalue weighted by molar-refractivity contribution is 7.41. The molecule has 0 aromatic heterocycles. The van der Waals surface area contributed by atoms with E-state index in [1.54, 1.807) is 20.8 Å². The molecule has 0 saturated heterocycles. The van der Waals surface area contributed by atoms with Crippen molar-refractivity contribution >= 4 is 20.0 Å². The van der Waals surface area contributed by atoms with Crippen LogP contribution in [-0.4, -0.2) is 31.5 Å². The molecule has 0 aliphatic heterocycles. The van der Waals surface area contributed by atoms with Gasteiger partial charge in [-0.1, -0.05) is 13.8 Å². The number of ether oxygens (including phenoxy) is 2. The highest BCUT2D eigenvalue weighted by atomic mass is 31.1. The number of hydrogen-bond acceptors (Lipinski definition) is 6. The highest BCUT2D eigenvalue weighted by Crippen LogP contribution is 2.31. The molecule has 0 aromatic rings. The van der Waals surface area contributed by atoms with Crippen LogP contribution < -0.4 is 0 Å². The maximum absolute atomic E-state index is 11.5. The first-order chi connectivity index (χ1) is 7.43. The lowest BCUT2D eigenvalue weighted by molar-refractivity contribution is -0.162. The number of rotatable bonds is 6. The van der Waals surface area contributed by atoms with Crippen molar-refractivity contribution < 1.29 is 28.2 Å². The monoisotopic (exact) mass is 252 g/mol. The van der Waals surface area contributed by atoms with Crippen molar-refractivity contribution in [3.8, 4) is 0 Å². The van der Waals surface area contributed by atoms with Crippen LogP contribution in [0.5, 0.6) is 0 Å². The third-order valence-corrected chi connectivity index (χ3v) is 2.98. The van der Waals surface area contributed by atoms with E-state index < -0.39 is 31.7 Å². The van der Waals surface area contributed by atoms with Crippen LogP contribution in [0.4, 0.5) is 0 Å². The van der Waals surface area contributed by atoms with Crippen LogP contribution in [0.1, 0.15) is 20.8 Å². The SMILES string of the molecule is CCO[PH](=O)C(OC(=O)C(C)C)C(=O)OC. The Morgan fingerprint density at radius 1 is 1.25 bits per heavy atom. The zero-order chi connectivity index (χ0) is 12.7. The molecule has 0 spiro atoms. The molecule has 0 heterocycles. The lowest BCUT2D eigenvalue weighted by atomic mass is 10.2. The number of hydrogen-bond donors (Lipinski definition) is 0. The molecule has 7 heteroatoms. The lowest BCUT2D eigenvalue weighted by Gasteiger charge is -2.16. The van der Waals surface area contributed by atoms with Gasteiger partial charge in [-0.3, -0.25) is 9.36 Å². The van der Waals surface area contributed by atoms with E-state index in [0.29, 0.717) is 0 Å². The van der Waals surface area contributed by atoms with Gasteiger partial charge in [0.15, 0.2) is 0 Å². The van der Waals surface area contributed by atoms with Crippen LogP contribution in [0, 0.1) is 5.92 Å². The van der Waals surface area contributed by atoms with Gasteiger partial charge in [0.05, 0.1) is 19.6 Å². The van der Waals surface area contributed by atoms with Crippen LogP contribution in [-0.2, 0) is 28.2 Å². The Balaban J connectivity index is 4.62. The molecule has 0 N–H and O–H groups in total. The molecule has 0 fully saturated rings. The minimum absolute atomic E-state index is 0.171. The molecule has 6 nitrogen and oxygen atoms in total. The summed E-state index contributed by atoms with van der Waals surface area (Å²) < 4.78 is 25.4. The summed E-state index contributed by atoms with van der Waals surface area (Å²) in [5.41, 5.74) is 0. The van der Waals surface area contributed by atoms with Crippen LogP contribution in [0.25, 0.3) is 0 Å². The number of esters is 2. The van der Waals surface area contributed by atoms with Gasteiger partial charge in [0.25, 0.3) is 5.85 Å². The Kier molecular flexibility index (Phi) is 7.01. The first-order valence-electron chi connectivity index (χ1n) is 4.89. The van der Waals surface area contributed by atoms with E-state index >= 15 is 0 Å². The molecule has 94 valence electrons. The van der Waals surface area contributed by atoms with Gasteiger partial charge in [-0.15, -0.1) is 0 Å². The summed E-state index contributed by atoms with van der Waals surface area (Å²) in [6.45, 7) is 5.01. The molecule has 0 aromatic carbocycles. The summed E-state index contributed by atoms with van der Waals surface area (Å²) in [7, 11) is -1.66. The molecule has 2 unspecified atom stereocenters. The summed E-state index contributed by atoms with van der Waals surface area (Å²) in [5.74, 6) is -3.35. The highest BCUT2D eigenvalue weighted by Gasteiger charge is 2.31. The zero-order valence-corrected chi connectivity index (χ0v) is 10.8. The second kappa shape index (κ2) is 7.41. The largest absolute Gasteiger partial charge is 0.466 e. The van der Waals surface area contributed by atoms with Crippen LogP contribution >= 0.6 is 8.03 Å². The average Bonchev–Trinajstić information content (AvgIpc) is 2.24. The van der Waals surface area contributed by atoms with Crippen LogP contribution in [0.15, 0.2) is 0 Å². The molecule has 0 amide bonds. The first-order valence-corrected chi connectivity index (χ1v) is 6.28. The summed E-state index contributed by atoms with van der Waals surface area (Å²) in [4.78, 5) is 22.5. The summed E-state index contributed by atoms with van der Waals surface area (Å²) in [5, 5.41) is 0. The summed E-state index contributed by atoms with van der Waals surface area (Å²) >= 11 is 0. The fraction of sp³-hybridized carbons (Fsp3) is 0.778. The smallest absolute Gasteiger partial charge is 0.357 e. The Bertz CT molecular complexity index is 275. The van der Waals surface area contributed by atoms with Crippen LogP contribution in [0.3, 0.4) is 0 Å². The van der Waals surface area contributed by atoms with E-state index in [2.05, 4.69) is 4.74 Å². The third-order valence-electron chi connectivity index (χ3n) is 1.62. The van der Waals surface area contributed by atoms with Crippen molar-refractivity contribution in [2.75, 3.05) is 13.7 Å². The van der Waals surface area contributed by atoms with E-state index in [1.807, 2.05) is 0 Å². The lowest BCUT2D eigenvalue weighted by Crippen LogP contribution is -2.27. The molecule has 0 saturated carbocycles. The second-order valence-corrected chi connectivity index (χ2v) is 4.70. The quantitative estimate of drug-likeness (QED) is 0.522. The topological polar surface area (TPSA) is 78.9 Å². The molecule has 0 bridgehead atoms. The Morgan fingerprint density at radius 2 is 1.81 bits per heavy atom. The number of methoxy groups -OCH3 is 1. The Hall–Kier alpha value is -0.870.